The van der Waals surface area contributed by atoms with E-state index in [2.05, 4.69) is 10.3 Å². The fourth-order valence-corrected chi connectivity index (χ4v) is 4.28. The number of hydrogen-bond acceptors (Lipinski definition) is 4. The van der Waals surface area contributed by atoms with Crippen molar-refractivity contribution in [2.45, 2.75) is 13.0 Å². The van der Waals surface area contributed by atoms with Crippen LogP contribution < -0.4 is 5.32 Å². The SMILES string of the molecule is Cc1nc(-c2c(Cl)cccc2Cl)sc1C(=O)N[C@@H](C(=O)O)c1ccccc1. The number of halogens is 2. The maximum Gasteiger partial charge on any atom is 0.330 e. The Morgan fingerprint density at radius 3 is 2.30 bits per heavy atom. The van der Waals surface area contributed by atoms with Crippen molar-refractivity contribution in [2.75, 3.05) is 0 Å². The standard InChI is InChI=1S/C19H14Cl2N2O3S/c1-10-16(27-18(22-10)14-12(20)8-5-9-13(14)21)17(24)23-15(19(25)26)11-6-3-2-4-7-11/h2-9,15H,1H3,(H,23,24)(H,25,26)/t15-/m1/s1. The molecule has 0 aliphatic rings. The lowest BCUT2D eigenvalue weighted by molar-refractivity contribution is -0.139. The lowest BCUT2D eigenvalue weighted by atomic mass is 10.1. The van der Waals surface area contributed by atoms with Crippen LogP contribution in [-0.4, -0.2) is 22.0 Å². The number of carbonyl (C=O) groups excluding carboxylic acids is 1. The summed E-state index contributed by atoms with van der Waals surface area (Å²) in [6, 6.07) is 12.4. The van der Waals surface area contributed by atoms with Crippen molar-refractivity contribution in [1.29, 1.82) is 0 Å². The number of nitrogens with zero attached hydrogens (tertiary/aromatic N) is 1. The van der Waals surface area contributed by atoms with E-state index in [4.69, 9.17) is 23.2 Å². The fraction of sp³-hybridized carbons (Fsp3) is 0.105. The van der Waals surface area contributed by atoms with Crippen LogP contribution in [0.4, 0.5) is 0 Å². The number of carboxylic acid groups (broad SMARTS) is 1. The average molecular weight is 421 g/mol. The minimum atomic E-state index is -1.16. The highest BCUT2D eigenvalue weighted by atomic mass is 35.5. The molecule has 2 aromatic carbocycles. The summed E-state index contributed by atoms with van der Waals surface area (Å²) in [6.07, 6.45) is 0. The molecule has 0 aliphatic carbocycles. The zero-order valence-corrected chi connectivity index (χ0v) is 16.4. The highest BCUT2D eigenvalue weighted by Crippen LogP contribution is 2.38. The fourth-order valence-electron chi connectivity index (χ4n) is 2.55. The number of aromatic nitrogens is 1. The number of aryl methyl sites for hydroxylation is 1. The van der Waals surface area contributed by atoms with Gasteiger partial charge < -0.3 is 10.4 Å². The van der Waals surface area contributed by atoms with Crippen LogP contribution in [0.15, 0.2) is 48.5 Å². The first kappa shape index (κ1) is 19.4. The molecule has 0 saturated heterocycles. The highest BCUT2D eigenvalue weighted by Gasteiger charge is 2.25. The first-order valence-corrected chi connectivity index (χ1v) is 9.46. The van der Waals surface area contributed by atoms with Crippen molar-refractivity contribution in [2.24, 2.45) is 0 Å². The number of thiazole rings is 1. The van der Waals surface area contributed by atoms with Gasteiger partial charge in [0.25, 0.3) is 5.91 Å². The summed E-state index contributed by atoms with van der Waals surface area (Å²) >= 11 is 13.5. The van der Waals surface area contributed by atoms with E-state index in [1.165, 1.54) is 0 Å². The van der Waals surface area contributed by atoms with E-state index >= 15 is 0 Å². The predicted octanol–water partition coefficient (Wildman–Crippen LogP) is 4.98. The van der Waals surface area contributed by atoms with Gasteiger partial charge in [-0.25, -0.2) is 9.78 Å². The maximum atomic E-state index is 12.7. The van der Waals surface area contributed by atoms with Crippen molar-refractivity contribution >= 4 is 46.4 Å². The summed E-state index contributed by atoms with van der Waals surface area (Å²) in [5, 5.41) is 13.4. The summed E-state index contributed by atoms with van der Waals surface area (Å²) in [5.74, 6) is -1.67. The Labute approximate surface area is 169 Å². The first-order chi connectivity index (χ1) is 12.9. The average Bonchev–Trinajstić information content (AvgIpc) is 3.01. The number of aliphatic carboxylic acids is 1. The summed E-state index contributed by atoms with van der Waals surface area (Å²) in [6.45, 7) is 1.68. The van der Waals surface area contributed by atoms with E-state index in [0.29, 0.717) is 36.8 Å². The Morgan fingerprint density at radius 1 is 1.07 bits per heavy atom. The van der Waals surface area contributed by atoms with E-state index in [-0.39, 0.29) is 0 Å². The quantitative estimate of drug-likeness (QED) is 0.609. The van der Waals surface area contributed by atoms with Crippen LogP contribution in [0.25, 0.3) is 10.6 Å². The second-order valence-electron chi connectivity index (χ2n) is 5.69. The number of benzene rings is 2. The maximum absolute atomic E-state index is 12.7. The second kappa shape index (κ2) is 8.08. The number of rotatable bonds is 5. The lowest BCUT2D eigenvalue weighted by Crippen LogP contribution is -2.33. The molecule has 5 nitrogen and oxygen atoms in total. The molecule has 1 amide bonds. The summed E-state index contributed by atoms with van der Waals surface area (Å²) in [5.41, 5.74) is 1.50. The van der Waals surface area contributed by atoms with E-state index in [1.54, 1.807) is 55.5 Å². The molecule has 1 atom stereocenters. The molecule has 0 saturated carbocycles. The van der Waals surface area contributed by atoms with Gasteiger partial charge in [0.1, 0.15) is 9.88 Å². The molecule has 8 heteroatoms. The van der Waals surface area contributed by atoms with Crippen molar-refractivity contribution in [3.8, 4) is 10.6 Å². The van der Waals surface area contributed by atoms with Crippen molar-refractivity contribution < 1.29 is 14.7 Å². The third-order valence-electron chi connectivity index (χ3n) is 3.83. The van der Waals surface area contributed by atoms with Gasteiger partial charge in [-0.15, -0.1) is 11.3 Å². The number of carbonyl (C=O) groups is 2. The van der Waals surface area contributed by atoms with Crippen LogP contribution in [-0.2, 0) is 4.79 Å². The molecule has 0 unspecified atom stereocenters. The smallest absolute Gasteiger partial charge is 0.330 e. The Kier molecular flexibility index (Phi) is 5.79. The molecule has 2 N–H and O–H groups in total. The van der Waals surface area contributed by atoms with Gasteiger partial charge in [-0.1, -0.05) is 59.6 Å². The zero-order chi connectivity index (χ0) is 19.6. The Bertz CT molecular complexity index is 985. The van der Waals surface area contributed by atoms with Crippen molar-refractivity contribution in [1.82, 2.24) is 10.3 Å². The van der Waals surface area contributed by atoms with E-state index in [0.717, 1.165) is 11.3 Å². The molecule has 0 aliphatic heterocycles. The third-order valence-corrected chi connectivity index (χ3v) is 5.64. The topological polar surface area (TPSA) is 79.3 Å². The molecule has 0 spiro atoms. The minimum Gasteiger partial charge on any atom is -0.479 e. The van der Waals surface area contributed by atoms with Gasteiger partial charge >= 0.3 is 5.97 Å². The zero-order valence-electron chi connectivity index (χ0n) is 14.1. The van der Waals surface area contributed by atoms with Crippen LogP contribution >= 0.6 is 34.5 Å². The highest BCUT2D eigenvalue weighted by molar-refractivity contribution is 7.17. The molecule has 27 heavy (non-hydrogen) atoms. The van der Waals surface area contributed by atoms with Crippen molar-refractivity contribution in [3.63, 3.8) is 0 Å². The van der Waals surface area contributed by atoms with Crippen LogP contribution in [0, 0.1) is 6.92 Å². The molecule has 0 radical (unpaired) electrons. The second-order valence-corrected chi connectivity index (χ2v) is 7.50. The Morgan fingerprint density at radius 2 is 1.70 bits per heavy atom. The van der Waals surface area contributed by atoms with Crippen LogP contribution in [0.3, 0.4) is 0 Å². The number of hydrogen-bond donors (Lipinski definition) is 2. The van der Waals surface area contributed by atoms with E-state index in [9.17, 15) is 14.7 Å². The monoisotopic (exact) mass is 420 g/mol. The predicted molar refractivity (Wildman–Crippen MR) is 107 cm³/mol. The molecule has 1 heterocycles. The molecule has 3 aromatic rings. The van der Waals surface area contributed by atoms with Crippen LogP contribution in [0.2, 0.25) is 10.0 Å². The van der Waals surface area contributed by atoms with E-state index < -0.39 is 17.9 Å². The van der Waals surface area contributed by atoms with Crippen molar-refractivity contribution in [3.05, 3.63) is 74.7 Å². The van der Waals surface area contributed by atoms with Gasteiger partial charge in [-0.05, 0) is 24.6 Å². The van der Waals surface area contributed by atoms with Gasteiger partial charge in [0.05, 0.1) is 15.7 Å². The van der Waals surface area contributed by atoms with Crippen LogP contribution in [0.1, 0.15) is 27.0 Å². The number of nitrogens with one attached hydrogen (secondary N) is 1. The number of carboxylic acids is 1. The first-order valence-electron chi connectivity index (χ1n) is 7.89. The van der Waals surface area contributed by atoms with Gasteiger partial charge in [-0.3, -0.25) is 4.79 Å². The Hall–Kier alpha value is -2.41. The van der Waals surface area contributed by atoms with Gasteiger partial charge in [-0.2, -0.15) is 0 Å². The Balaban J connectivity index is 1.92. The molecule has 0 fully saturated rings. The summed E-state index contributed by atoms with van der Waals surface area (Å²) < 4.78 is 0. The molecular weight excluding hydrogens is 407 g/mol. The lowest BCUT2D eigenvalue weighted by Gasteiger charge is -2.14. The van der Waals surface area contributed by atoms with Gasteiger partial charge in [0.15, 0.2) is 6.04 Å². The molecular formula is C19H14Cl2N2O3S. The molecule has 0 bridgehead atoms. The minimum absolute atomic E-state index is 0.308. The molecule has 1 aromatic heterocycles. The number of amides is 1. The largest absolute Gasteiger partial charge is 0.479 e. The van der Waals surface area contributed by atoms with Crippen LogP contribution in [0.5, 0.6) is 0 Å². The van der Waals surface area contributed by atoms with Gasteiger partial charge in [0.2, 0.25) is 0 Å². The van der Waals surface area contributed by atoms with E-state index in [1.807, 2.05) is 0 Å². The summed E-state index contributed by atoms with van der Waals surface area (Å²) in [7, 11) is 0. The van der Waals surface area contributed by atoms with Gasteiger partial charge in [0, 0.05) is 5.56 Å². The molecule has 138 valence electrons. The third kappa shape index (κ3) is 4.13. The summed E-state index contributed by atoms with van der Waals surface area (Å²) in [4.78, 5) is 29.0. The normalized spacial score (nSPS) is 11.8. The molecule has 3 rings (SSSR count).